The van der Waals surface area contributed by atoms with Crippen LogP contribution in [0, 0.1) is 0 Å². The third-order valence-electron chi connectivity index (χ3n) is 4.01. The summed E-state index contributed by atoms with van der Waals surface area (Å²) in [6.45, 7) is 5.57. The number of sulfone groups is 1. The first kappa shape index (κ1) is 17.0. The van der Waals surface area contributed by atoms with Gasteiger partial charge in [-0.05, 0) is 25.5 Å². The van der Waals surface area contributed by atoms with Gasteiger partial charge in [-0.15, -0.1) is 0 Å². The molecule has 0 aliphatic carbocycles. The Balaban J connectivity index is 1.90. The van der Waals surface area contributed by atoms with Crippen LogP contribution in [0.5, 0.6) is 0 Å². The summed E-state index contributed by atoms with van der Waals surface area (Å²) in [7, 11) is -3.01. The molecule has 1 aliphatic rings. The fourth-order valence-corrected chi connectivity index (χ4v) is 4.90. The number of nitrogens with zero attached hydrogens (tertiary/aromatic N) is 1. The highest BCUT2D eigenvalue weighted by atomic mass is 32.2. The fraction of sp³-hybridized carbons (Fsp3) is 0.562. The van der Waals surface area contributed by atoms with E-state index in [0.29, 0.717) is 13.0 Å². The average Bonchev–Trinajstić information content (AvgIpc) is 2.72. The number of likely N-dealkylation sites (N-methyl/N-ethyl adjacent to an activating group) is 1. The van der Waals surface area contributed by atoms with Crippen molar-refractivity contribution in [1.82, 2.24) is 10.2 Å². The lowest BCUT2D eigenvalue weighted by molar-refractivity contribution is -0.123. The van der Waals surface area contributed by atoms with E-state index in [1.807, 2.05) is 49.1 Å². The van der Waals surface area contributed by atoms with E-state index in [9.17, 15) is 13.2 Å². The summed E-state index contributed by atoms with van der Waals surface area (Å²) >= 11 is 0. The summed E-state index contributed by atoms with van der Waals surface area (Å²) in [4.78, 5) is 14.3. The van der Waals surface area contributed by atoms with E-state index in [0.717, 1.165) is 12.1 Å². The first-order chi connectivity index (χ1) is 10.3. The quantitative estimate of drug-likeness (QED) is 0.854. The third kappa shape index (κ3) is 4.81. The molecule has 22 heavy (non-hydrogen) atoms. The zero-order chi connectivity index (χ0) is 16.2. The van der Waals surface area contributed by atoms with Gasteiger partial charge in [-0.1, -0.05) is 37.3 Å². The van der Waals surface area contributed by atoms with Gasteiger partial charge in [0.15, 0.2) is 9.84 Å². The van der Waals surface area contributed by atoms with Gasteiger partial charge in [-0.2, -0.15) is 0 Å². The maximum absolute atomic E-state index is 12.2. The van der Waals surface area contributed by atoms with Gasteiger partial charge in [0.05, 0.1) is 23.6 Å². The number of benzene rings is 1. The molecule has 0 radical (unpaired) electrons. The van der Waals surface area contributed by atoms with E-state index in [4.69, 9.17) is 0 Å². The van der Waals surface area contributed by atoms with Gasteiger partial charge >= 0.3 is 0 Å². The molecule has 0 saturated carbocycles. The number of hydrogen-bond acceptors (Lipinski definition) is 4. The summed E-state index contributed by atoms with van der Waals surface area (Å²) in [5.41, 5.74) is 0.536. The lowest BCUT2D eigenvalue weighted by Gasteiger charge is -2.26. The molecular formula is C16H24N2O3S. The lowest BCUT2D eigenvalue weighted by atomic mass is 10.0. The number of nitrogens with one attached hydrogen (secondary N) is 1. The van der Waals surface area contributed by atoms with Crippen molar-refractivity contribution < 1.29 is 13.2 Å². The van der Waals surface area contributed by atoms with Crippen LogP contribution in [0.25, 0.3) is 0 Å². The summed E-state index contributed by atoms with van der Waals surface area (Å²) in [5, 5.41) is 2.90. The van der Waals surface area contributed by atoms with Crippen molar-refractivity contribution in [3.8, 4) is 0 Å². The van der Waals surface area contributed by atoms with Gasteiger partial charge in [0.25, 0.3) is 0 Å². The van der Waals surface area contributed by atoms with E-state index >= 15 is 0 Å². The van der Waals surface area contributed by atoms with Gasteiger partial charge in [0, 0.05) is 6.54 Å². The van der Waals surface area contributed by atoms with E-state index < -0.39 is 15.4 Å². The fourth-order valence-electron chi connectivity index (χ4n) is 2.81. The zero-order valence-corrected chi connectivity index (χ0v) is 14.0. The first-order valence-electron chi connectivity index (χ1n) is 7.60. The molecule has 0 spiro atoms. The topological polar surface area (TPSA) is 66.5 Å². The molecule has 1 aromatic carbocycles. The Morgan fingerprint density at radius 1 is 1.32 bits per heavy atom. The first-order valence-corrected chi connectivity index (χ1v) is 9.42. The molecule has 6 heteroatoms. The molecule has 0 aromatic heterocycles. The van der Waals surface area contributed by atoms with E-state index in [-0.39, 0.29) is 24.0 Å². The normalized spacial score (nSPS) is 23.6. The molecule has 2 rings (SSSR count). The Morgan fingerprint density at radius 3 is 2.55 bits per heavy atom. The van der Waals surface area contributed by atoms with Crippen LogP contribution in [0.4, 0.5) is 0 Å². The Labute approximate surface area is 132 Å². The summed E-state index contributed by atoms with van der Waals surface area (Å²) < 4.78 is 23.2. The van der Waals surface area contributed by atoms with Gasteiger partial charge in [-0.3, -0.25) is 9.69 Å². The Hall–Kier alpha value is -1.40. The molecule has 1 fully saturated rings. The number of carbonyl (C=O) groups excluding carboxylic acids is 1. The Kier molecular flexibility index (Phi) is 5.24. The highest BCUT2D eigenvalue weighted by molar-refractivity contribution is 7.91. The van der Waals surface area contributed by atoms with Crippen molar-refractivity contribution in [3.05, 3.63) is 35.9 Å². The maximum atomic E-state index is 12.2. The monoisotopic (exact) mass is 324 g/mol. The highest BCUT2D eigenvalue weighted by Gasteiger charge is 2.39. The molecule has 5 nitrogen and oxygen atoms in total. The number of amides is 1. The van der Waals surface area contributed by atoms with Crippen LogP contribution in [0.3, 0.4) is 0 Å². The Bertz CT molecular complexity index is 616. The summed E-state index contributed by atoms with van der Waals surface area (Å²) in [6, 6.07) is 9.99. The van der Waals surface area contributed by atoms with E-state index in [2.05, 4.69) is 5.32 Å². The lowest BCUT2D eigenvalue weighted by Crippen LogP contribution is -2.50. The van der Waals surface area contributed by atoms with Crippen molar-refractivity contribution in [3.63, 3.8) is 0 Å². The number of carbonyl (C=O) groups is 1. The van der Waals surface area contributed by atoms with Crippen LogP contribution in [0.2, 0.25) is 0 Å². The standard InChI is InChI=1S/C16H24N2O3S/c1-3-18(11-14-7-5-4-6-8-14)12-15(19)17-16(2)9-10-22(20,21)13-16/h4-8H,3,9-13H2,1-2H3,(H,17,19). The molecule has 1 atom stereocenters. The second kappa shape index (κ2) is 6.79. The van der Waals surface area contributed by atoms with Crippen molar-refractivity contribution >= 4 is 15.7 Å². The summed E-state index contributed by atoms with van der Waals surface area (Å²) in [6.07, 6.45) is 0.492. The highest BCUT2D eigenvalue weighted by Crippen LogP contribution is 2.22. The van der Waals surface area contributed by atoms with Crippen LogP contribution in [-0.4, -0.2) is 49.4 Å². The summed E-state index contributed by atoms with van der Waals surface area (Å²) in [5.74, 6) is 0.0827. The predicted molar refractivity (Wildman–Crippen MR) is 87.2 cm³/mol. The minimum atomic E-state index is -3.01. The molecule has 1 unspecified atom stereocenters. The molecule has 1 amide bonds. The van der Waals surface area contributed by atoms with Crippen molar-refractivity contribution in [2.75, 3.05) is 24.6 Å². The molecule has 0 bridgehead atoms. The molecule has 1 heterocycles. The van der Waals surface area contributed by atoms with Crippen molar-refractivity contribution in [2.45, 2.75) is 32.4 Å². The van der Waals surface area contributed by atoms with Gasteiger partial charge in [-0.25, -0.2) is 8.42 Å². The average molecular weight is 324 g/mol. The predicted octanol–water partition coefficient (Wildman–Crippen LogP) is 1.20. The largest absolute Gasteiger partial charge is 0.349 e. The molecule has 1 aromatic rings. The molecule has 122 valence electrons. The van der Waals surface area contributed by atoms with Crippen molar-refractivity contribution in [2.24, 2.45) is 0 Å². The Morgan fingerprint density at radius 2 is 2.00 bits per heavy atom. The van der Waals surface area contributed by atoms with E-state index in [1.165, 1.54) is 0 Å². The molecular weight excluding hydrogens is 300 g/mol. The van der Waals surface area contributed by atoms with E-state index in [1.54, 1.807) is 0 Å². The van der Waals surface area contributed by atoms with Crippen LogP contribution >= 0.6 is 0 Å². The van der Waals surface area contributed by atoms with Gasteiger partial charge in [0.1, 0.15) is 0 Å². The van der Waals surface area contributed by atoms with Crippen LogP contribution < -0.4 is 5.32 Å². The zero-order valence-electron chi connectivity index (χ0n) is 13.2. The van der Waals surface area contributed by atoms with Crippen LogP contribution in [-0.2, 0) is 21.2 Å². The van der Waals surface area contributed by atoms with Gasteiger partial charge < -0.3 is 5.32 Å². The minimum absolute atomic E-state index is 0.0382. The molecule has 1 aliphatic heterocycles. The number of rotatable bonds is 6. The third-order valence-corrected chi connectivity index (χ3v) is 5.91. The van der Waals surface area contributed by atoms with Gasteiger partial charge in [0.2, 0.25) is 5.91 Å². The SMILES string of the molecule is CCN(CC(=O)NC1(C)CCS(=O)(=O)C1)Cc1ccccc1. The molecule has 1 saturated heterocycles. The minimum Gasteiger partial charge on any atom is -0.349 e. The maximum Gasteiger partial charge on any atom is 0.234 e. The second-order valence-electron chi connectivity index (χ2n) is 6.24. The van der Waals surface area contributed by atoms with Crippen LogP contribution in [0.15, 0.2) is 30.3 Å². The molecule has 1 N–H and O–H groups in total. The van der Waals surface area contributed by atoms with Crippen molar-refractivity contribution in [1.29, 1.82) is 0 Å². The number of hydrogen-bond donors (Lipinski definition) is 1. The smallest absolute Gasteiger partial charge is 0.234 e. The van der Waals surface area contributed by atoms with Crippen LogP contribution in [0.1, 0.15) is 25.8 Å². The second-order valence-corrected chi connectivity index (χ2v) is 8.42.